The monoisotopic (exact) mass is 712 g/mol. The first-order chi connectivity index (χ1) is 27.8. The molecule has 2 nitrogen and oxygen atoms in total. The van der Waals surface area contributed by atoms with Crippen LogP contribution in [0.15, 0.2) is 218 Å². The average Bonchev–Trinajstić information content (AvgIpc) is 3.54. The van der Waals surface area contributed by atoms with Gasteiger partial charge in [-0.1, -0.05) is 152 Å². The highest BCUT2D eigenvalue weighted by Crippen LogP contribution is 2.52. The number of anilines is 3. The Kier molecular flexibility index (Phi) is 7.53. The summed E-state index contributed by atoms with van der Waals surface area (Å²) in [6, 6.07) is 79.6. The van der Waals surface area contributed by atoms with Gasteiger partial charge >= 0.3 is 0 Å². The van der Waals surface area contributed by atoms with E-state index in [1.165, 1.54) is 88.8 Å². The molecule has 0 saturated heterocycles. The number of benzene rings is 9. The minimum atomic E-state index is 1.13. The molecule has 262 valence electrons. The van der Waals surface area contributed by atoms with Crippen LogP contribution >= 0.6 is 0 Å². The first-order valence-electron chi connectivity index (χ1n) is 19.3. The molecule has 0 aliphatic carbocycles. The molecule has 1 aliphatic rings. The van der Waals surface area contributed by atoms with Gasteiger partial charge in [0.15, 0.2) is 0 Å². The smallest absolute Gasteiger partial charge is 0.0548 e. The number of rotatable bonds is 5. The van der Waals surface area contributed by atoms with E-state index in [2.05, 4.69) is 228 Å². The number of nitrogens with zero attached hydrogens (tertiary/aromatic N) is 2. The molecular weight excluding hydrogens is 677 g/mol. The van der Waals surface area contributed by atoms with E-state index in [0.717, 1.165) is 11.4 Å². The summed E-state index contributed by atoms with van der Waals surface area (Å²) in [6.45, 7) is 0. The highest BCUT2D eigenvalue weighted by molar-refractivity contribution is 6.15. The van der Waals surface area contributed by atoms with E-state index in [0.29, 0.717) is 0 Å². The molecule has 0 spiro atoms. The molecule has 11 rings (SSSR count). The third-order valence-corrected chi connectivity index (χ3v) is 11.3. The highest BCUT2D eigenvalue weighted by Gasteiger charge is 2.28. The van der Waals surface area contributed by atoms with Crippen LogP contribution in [0.3, 0.4) is 0 Å². The fourth-order valence-corrected chi connectivity index (χ4v) is 8.73. The van der Waals surface area contributed by atoms with Gasteiger partial charge in [0, 0.05) is 33.3 Å². The first kappa shape index (κ1) is 32.0. The molecule has 0 amide bonds. The maximum absolute atomic E-state index is 2.46. The Hall–Kier alpha value is -7.42. The minimum Gasteiger partial charge on any atom is -0.309 e. The maximum Gasteiger partial charge on any atom is 0.0548 e. The average molecular weight is 713 g/mol. The van der Waals surface area contributed by atoms with Crippen LogP contribution < -0.4 is 4.90 Å². The first-order valence-corrected chi connectivity index (χ1v) is 19.3. The summed E-state index contributed by atoms with van der Waals surface area (Å²) in [5, 5.41) is 2.45. The van der Waals surface area contributed by atoms with E-state index in [1.807, 2.05) is 0 Å². The molecule has 1 aliphatic heterocycles. The molecule has 10 aromatic rings. The zero-order valence-electron chi connectivity index (χ0n) is 30.7. The summed E-state index contributed by atoms with van der Waals surface area (Å²) in [7, 11) is 0. The van der Waals surface area contributed by atoms with Gasteiger partial charge in [-0.25, -0.2) is 0 Å². The summed E-state index contributed by atoms with van der Waals surface area (Å²) in [4.78, 5) is 2.45. The van der Waals surface area contributed by atoms with Crippen LogP contribution in [0.5, 0.6) is 0 Å². The second-order valence-electron chi connectivity index (χ2n) is 14.6. The molecule has 0 atom stereocenters. The molecule has 9 aromatic carbocycles. The summed E-state index contributed by atoms with van der Waals surface area (Å²) < 4.78 is 2.46. The third-order valence-electron chi connectivity index (χ3n) is 11.3. The zero-order chi connectivity index (χ0) is 37.0. The fraction of sp³-hybridized carbons (Fsp3) is 0. The molecule has 0 N–H and O–H groups in total. The summed E-state index contributed by atoms with van der Waals surface area (Å²) in [6.07, 6.45) is 0. The van der Waals surface area contributed by atoms with E-state index >= 15 is 0 Å². The van der Waals surface area contributed by atoms with Crippen molar-refractivity contribution in [1.29, 1.82) is 0 Å². The fourth-order valence-electron chi connectivity index (χ4n) is 8.73. The van der Waals surface area contributed by atoms with Gasteiger partial charge in [0.25, 0.3) is 0 Å². The number of para-hydroxylation sites is 3. The predicted molar refractivity (Wildman–Crippen MR) is 236 cm³/mol. The number of hydrogen-bond acceptors (Lipinski definition) is 1. The zero-order valence-corrected chi connectivity index (χ0v) is 30.7. The highest BCUT2D eigenvalue weighted by atomic mass is 15.2. The predicted octanol–water partition coefficient (Wildman–Crippen LogP) is 14.9. The molecular formula is C54H36N2. The number of aromatic nitrogens is 1. The lowest BCUT2D eigenvalue weighted by Gasteiger charge is -2.27. The summed E-state index contributed by atoms with van der Waals surface area (Å²) in [5.74, 6) is 0. The van der Waals surface area contributed by atoms with E-state index < -0.39 is 0 Å². The maximum atomic E-state index is 2.46. The van der Waals surface area contributed by atoms with Crippen LogP contribution in [-0.4, -0.2) is 4.57 Å². The van der Waals surface area contributed by atoms with Crippen molar-refractivity contribution in [3.05, 3.63) is 218 Å². The normalized spacial score (nSPS) is 11.9. The lowest BCUT2D eigenvalue weighted by molar-refractivity contribution is 1.18. The summed E-state index contributed by atoms with van der Waals surface area (Å²) >= 11 is 0. The van der Waals surface area contributed by atoms with Crippen molar-refractivity contribution >= 4 is 38.9 Å². The van der Waals surface area contributed by atoms with Crippen LogP contribution in [0.25, 0.3) is 83.1 Å². The van der Waals surface area contributed by atoms with Gasteiger partial charge in [-0.3, -0.25) is 0 Å². The Labute approximate surface area is 326 Å². The molecule has 56 heavy (non-hydrogen) atoms. The molecule has 0 unspecified atom stereocenters. The Bertz CT molecular complexity index is 3010. The van der Waals surface area contributed by atoms with Crippen LogP contribution in [0.1, 0.15) is 0 Å². The lowest BCUT2D eigenvalue weighted by atomic mass is 9.93. The van der Waals surface area contributed by atoms with Crippen molar-refractivity contribution in [3.8, 4) is 61.3 Å². The molecule has 0 fully saturated rings. The number of fused-ring (bicyclic) bond motifs is 8. The van der Waals surface area contributed by atoms with E-state index in [-0.39, 0.29) is 0 Å². The van der Waals surface area contributed by atoms with Gasteiger partial charge in [0.05, 0.1) is 22.4 Å². The lowest BCUT2D eigenvalue weighted by Crippen LogP contribution is -2.10. The van der Waals surface area contributed by atoms with Crippen LogP contribution in [0, 0.1) is 0 Å². The van der Waals surface area contributed by atoms with Crippen molar-refractivity contribution in [2.24, 2.45) is 0 Å². The Morgan fingerprint density at radius 3 is 1.46 bits per heavy atom. The molecule has 0 saturated carbocycles. The molecule has 1 aromatic heterocycles. The van der Waals surface area contributed by atoms with Gasteiger partial charge in [0.1, 0.15) is 0 Å². The number of hydrogen-bond donors (Lipinski definition) is 0. The molecule has 2 heterocycles. The third kappa shape index (κ3) is 5.26. The SMILES string of the molecule is c1ccc(-c2cc(-c3ccccc3)cc(-c3cccc(-n4c5ccccc5c5cc6c(cc54)-c4ccccc4-c4ccccc4N6c4ccccc4)c3)c2)cc1. The van der Waals surface area contributed by atoms with E-state index in [1.54, 1.807) is 0 Å². The van der Waals surface area contributed by atoms with Gasteiger partial charge in [-0.15, -0.1) is 0 Å². The Morgan fingerprint density at radius 2 is 0.768 bits per heavy atom. The second kappa shape index (κ2) is 13.2. The van der Waals surface area contributed by atoms with Crippen molar-refractivity contribution in [2.45, 2.75) is 0 Å². The Balaban J connectivity index is 1.16. The van der Waals surface area contributed by atoms with E-state index in [4.69, 9.17) is 0 Å². The van der Waals surface area contributed by atoms with Crippen molar-refractivity contribution in [2.75, 3.05) is 4.90 Å². The van der Waals surface area contributed by atoms with Gasteiger partial charge < -0.3 is 9.47 Å². The topological polar surface area (TPSA) is 8.17 Å². The molecule has 0 radical (unpaired) electrons. The Morgan fingerprint density at radius 1 is 0.250 bits per heavy atom. The van der Waals surface area contributed by atoms with Crippen molar-refractivity contribution in [1.82, 2.24) is 4.57 Å². The van der Waals surface area contributed by atoms with Gasteiger partial charge in [-0.05, 0) is 111 Å². The molecule has 2 heteroatoms. The largest absolute Gasteiger partial charge is 0.309 e. The van der Waals surface area contributed by atoms with Gasteiger partial charge in [0.2, 0.25) is 0 Å². The quantitative estimate of drug-likeness (QED) is 0.172. The van der Waals surface area contributed by atoms with Gasteiger partial charge in [-0.2, -0.15) is 0 Å². The standard InChI is InChI=1S/C54H36N2/c1-4-17-37(18-5-1)40-31-41(38-19-6-2-7-20-38)33-42(32-40)39-21-16-24-44(34-39)56-52-30-15-13-28-48(52)50-36-53-49(35-54(50)56)46-26-11-10-25-45(46)47-27-12-14-29-51(47)55(53)43-22-8-3-9-23-43/h1-36H. The second-order valence-corrected chi connectivity index (χ2v) is 14.6. The van der Waals surface area contributed by atoms with Crippen LogP contribution in [0.2, 0.25) is 0 Å². The molecule has 0 bridgehead atoms. The van der Waals surface area contributed by atoms with Crippen LogP contribution in [0.4, 0.5) is 17.1 Å². The van der Waals surface area contributed by atoms with Crippen LogP contribution in [-0.2, 0) is 0 Å². The van der Waals surface area contributed by atoms with E-state index in [9.17, 15) is 0 Å². The minimum absolute atomic E-state index is 1.13. The van der Waals surface area contributed by atoms with Crippen molar-refractivity contribution in [3.63, 3.8) is 0 Å². The van der Waals surface area contributed by atoms with Crippen molar-refractivity contribution < 1.29 is 0 Å². The summed E-state index contributed by atoms with van der Waals surface area (Å²) in [5.41, 5.74) is 19.0.